The molecule has 0 bridgehead atoms. The van der Waals surface area contributed by atoms with Crippen LogP contribution in [0.5, 0.6) is 0 Å². The van der Waals surface area contributed by atoms with Crippen molar-refractivity contribution in [1.29, 1.82) is 5.16 Å². The van der Waals surface area contributed by atoms with Crippen molar-refractivity contribution in [2.45, 2.75) is 153 Å². The van der Waals surface area contributed by atoms with Crippen molar-refractivity contribution in [2.75, 3.05) is 38.9 Å². The van der Waals surface area contributed by atoms with Crippen LogP contribution in [0.3, 0.4) is 0 Å². The number of nitrogens with one attached hydrogen (secondary N) is 12. The highest BCUT2D eigenvalue weighted by Gasteiger charge is 2.38. The van der Waals surface area contributed by atoms with Crippen molar-refractivity contribution in [3.05, 3.63) is 35.9 Å². The molecule has 1 aliphatic heterocycles. The Morgan fingerprint density at radius 1 is 0.675 bits per heavy atom. The van der Waals surface area contributed by atoms with Crippen molar-refractivity contribution in [3.8, 4) is 0 Å². The maximum Gasteiger partial charge on any atom is 0.245 e. The molecule has 2 rings (SSSR count). The van der Waals surface area contributed by atoms with Crippen LogP contribution in [0.2, 0.25) is 0 Å². The summed E-state index contributed by atoms with van der Waals surface area (Å²) in [6, 6.07) is -0.334. The van der Waals surface area contributed by atoms with Crippen LogP contribution in [0.25, 0.3) is 0 Å². The van der Waals surface area contributed by atoms with Gasteiger partial charge in [-0.05, 0) is 91.7 Å². The normalized spacial score (nSPS) is 23.6. The van der Waals surface area contributed by atoms with Crippen LogP contribution in [-0.4, -0.2) is 162 Å². The van der Waals surface area contributed by atoms with E-state index >= 15 is 0 Å². The first-order chi connectivity index (χ1) is 38.0. The predicted octanol–water partition coefficient (Wildman–Crippen LogP) is -1.30. The molecule has 1 heterocycles. The predicted molar refractivity (Wildman–Crippen MR) is 318 cm³/mol. The van der Waals surface area contributed by atoms with E-state index in [-0.39, 0.29) is 104 Å². The van der Waals surface area contributed by atoms with Gasteiger partial charge in [-0.1, -0.05) is 81.7 Å². The van der Waals surface area contributed by atoms with Crippen molar-refractivity contribution >= 4 is 105 Å². The van der Waals surface area contributed by atoms with E-state index in [9.17, 15) is 58.2 Å². The van der Waals surface area contributed by atoms with E-state index in [1.807, 2.05) is 13.8 Å². The van der Waals surface area contributed by atoms with Crippen LogP contribution in [0, 0.1) is 28.8 Å². The summed E-state index contributed by atoms with van der Waals surface area (Å²) in [7, 11) is 9.34. The van der Waals surface area contributed by atoms with Crippen LogP contribution in [-0.2, 0) is 54.4 Å². The molecule has 0 aromatic heterocycles. The molecule has 1 fully saturated rings. The zero-order valence-corrected chi connectivity index (χ0v) is 51.7. The van der Waals surface area contributed by atoms with E-state index in [0.29, 0.717) is 12.1 Å². The lowest BCUT2D eigenvalue weighted by atomic mass is 9.89. The minimum absolute atomic E-state index is 0.00205. The molecule has 0 aliphatic carbocycles. The summed E-state index contributed by atoms with van der Waals surface area (Å²) in [6.45, 7) is 6.85. The van der Waals surface area contributed by atoms with Crippen LogP contribution >= 0.6 is 45.9 Å². The monoisotopic (exact) mass is 1220 g/mol. The standard InChI is InChI=1S/C50H88N13O12P5/c1-27(2)22-38-41(67)25-32(11-18-55-77)44(69)58-36(15-21-80-52)42(68)26-33(28(3)64)46(71)53-16-13-35(40(66)24-31(10-17-54-76)45(70)62-39(49(74)61-38)23-30-8-6-5-7-9-30)59-48(73)37(14-20-57-79)60-50(75)43(29(4)65)63-47(72)34(51)12-19-56-78/h5-9,27-29,31-39,43,52,54-57,64-65H,10-26,51,76-79H2,1-4H3,(H,53,71)(H,58,69)(H,59,73)(H,60,75)(H,61,74)(H,62,70)(H,63,72). The van der Waals surface area contributed by atoms with E-state index in [1.165, 1.54) is 13.8 Å². The molecule has 16 atom stereocenters. The lowest BCUT2D eigenvalue weighted by Gasteiger charge is -2.28. The second-order valence-electron chi connectivity index (χ2n) is 20.4. The van der Waals surface area contributed by atoms with Gasteiger partial charge in [0.1, 0.15) is 18.1 Å². The van der Waals surface area contributed by atoms with Crippen LogP contribution in [0.1, 0.15) is 97.5 Å². The summed E-state index contributed by atoms with van der Waals surface area (Å²) in [6.07, 6.45) is -4.06. The second kappa shape index (κ2) is 39.5. The van der Waals surface area contributed by atoms with Gasteiger partial charge in [-0.3, -0.25) is 53.1 Å². The Labute approximate surface area is 480 Å². The fraction of sp³-hybridized carbons (Fsp3) is 0.680. The number of aliphatic hydroxyl groups is 2. The molecule has 16 unspecified atom stereocenters. The summed E-state index contributed by atoms with van der Waals surface area (Å²) in [5.41, 5.74) is 6.65. The van der Waals surface area contributed by atoms with Crippen molar-refractivity contribution < 1.29 is 58.2 Å². The molecule has 0 spiro atoms. The molecule has 1 aromatic carbocycles. The van der Waals surface area contributed by atoms with Gasteiger partial charge in [0.15, 0.2) is 17.3 Å². The van der Waals surface area contributed by atoms with E-state index in [4.69, 9.17) is 10.9 Å². The summed E-state index contributed by atoms with van der Waals surface area (Å²) in [5, 5.41) is 59.4. The molecule has 1 aliphatic rings. The van der Waals surface area contributed by atoms with Gasteiger partial charge < -0.3 is 73.5 Å². The molecule has 80 heavy (non-hydrogen) atoms. The summed E-state index contributed by atoms with van der Waals surface area (Å²) in [4.78, 5) is 142. The summed E-state index contributed by atoms with van der Waals surface area (Å²) in [5.74, 6) is -10.9. The molecule has 25 nitrogen and oxygen atoms in total. The molecule has 450 valence electrons. The third-order valence-corrected chi connectivity index (χ3v) is 15.1. The van der Waals surface area contributed by atoms with Gasteiger partial charge in [-0.25, -0.2) is 0 Å². The third-order valence-electron chi connectivity index (χ3n) is 13.5. The number of aliphatic hydroxyl groups excluding tert-OH is 2. The second-order valence-corrected chi connectivity index (χ2v) is 22.8. The van der Waals surface area contributed by atoms with Crippen molar-refractivity contribution in [1.82, 2.24) is 57.6 Å². The highest BCUT2D eigenvalue weighted by Crippen LogP contribution is 2.20. The number of carbonyl (C=O) groups excluding carboxylic acids is 10. The fourth-order valence-corrected chi connectivity index (χ4v) is 9.84. The molecule has 0 radical (unpaired) electrons. The number of hydrogen-bond acceptors (Lipinski definition) is 18. The number of nitrogens with two attached hydrogens (primary N) is 1. The van der Waals surface area contributed by atoms with Gasteiger partial charge in [0.25, 0.3) is 0 Å². The van der Waals surface area contributed by atoms with E-state index < -0.39 is 144 Å². The van der Waals surface area contributed by atoms with E-state index in [1.54, 1.807) is 30.3 Å². The molecule has 1 aromatic rings. The number of carbonyl (C=O) groups is 10. The Morgan fingerprint density at radius 2 is 1.23 bits per heavy atom. The molecular weight excluding hydrogens is 1130 g/mol. The Balaban J connectivity index is 2.81. The Kier molecular flexibility index (Phi) is 35.7. The minimum Gasteiger partial charge on any atom is -0.393 e. The topological polar surface area (TPSA) is 393 Å². The number of rotatable bonds is 27. The highest BCUT2D eigenvalue weighted by atomic mass is 31.1. The first kappa shape index (κ1) is 72.2. The molecule has 0 saturated carbocycles. The first-order valence-electron chi connectivity index (χ1n) is 26.9. The average molecular weight is 1220 g/mol. The molecule has 16 N–H and O–H groups in total. The van der Waals surface area contributed by atoms with Gasteiger partial charge >= 0.3 is 0 Å². The molecule has 30 heteroatoms. The summed E-state index contributed by atoms with van der Waals surface area (Å²) < 4.78 is 0. The molecule has 7 amide bonds. The number of benzene rings is 1. The first-order valence-corrected chi connectivity index (χ1v) is 30.3. The zero-order valence-electron chi connectivity index (χ0n) is 46.2. The quantitative estimate of drug-likeness (QED) is 0.0455. The number of amides is 7. The van der Waals surface area contributed by atoms with Gasteiger partial charge in [0.05, 0.1) is 42.3 Å². The lowest BCUT2D eigenvalue weighted by Crippen LogP contribution is -2.60. The molecule has 1 saturated heterocycles. The smallest absolute Gasteiger partial charge is 0.245 e. The van der Waals surface area contributed by atoms with Crippen LogP contribution in [0.4, 0.5) is 0 Å². The molecular formula is C50H88N13O12P5. The summed E-state index contributed by atoms with van der Waals surface area (Å²) >= 11 is 0. The minimum atomic E-state index is -1.56. The Hall–Kier alpha value is -3.94. The van der Waals surface area contributed by atoms with Crippen LogP contribution < -0.4 is 63.3 Å². The number of Topliss-reactive ketones (excluding diaryl/α,β-unsaturated/α-hetero) is 3. The number of hydrogen-bond donors (Lipinski definition) is 15. The highest BCUT2D eigenvalue weighted by molar-refractivity contribution is 7.25. The van der Waals surface area contributed by atoms with Gasteiger partial charge in [-0.15, -0.1) is 0 Å². The zero-order chi connectivity index (χ0) is 59.9. The van der Waals surface area contributed by atoms with E-state index in [2.05, 4.69) is 95.1 Å². The average Bonchev–Trinajstić information content (AvgIpc) is 3.41. The Morgan fingerprint density at radius 3 is 1.77 bits per heavy atom. The van der Waals surface area contributed by atoms with Crippen molar-refractivity contribution in [2.24, 2.45) is 29.4 Å². The Bertz CT molecular complexity index is 2190. The maximum atomic E-state index is 14.7. The maximum absolute atomic E-state index is 14.7. The third kappa shape index (κ3) is 26.5. The van der Waals surface area contributed by atoms with Crippen molar-refractivity contribution in [3.63, 3.8) is 0 Å². The lowest BCUT2D eigenvalue weighted by molar-refractivity contribution is -0.136. The largest absolute Gasteiger partial charge is 0.393 e. The SMILES string of the molecule is CC(C)CC1NC(=O)C(Cc2ccccc2)NC(=O)C(CCNP)CC(=O)C(NC(=O)C(CCNP)NC(=O)C(NC(=O)C(N)CCNP)C(C)O)CCNC(=O)C(C(C)O)CC(=O)C(CCP=N)NC(=O)C(CCNP)CC1=O. The van der Waals surface area contributed by atoms with Crippen LogP contribution in [0.15, 0.2) is 30.3 Å². The van der Waals surface area contributed by atoms with E-state index in [0.717, 1.165) is 0 Å². The number of ketones is 3. The van der Waals surface area contributed by atoms with Gasteiger partial charge in [-0.2, -0.15) is 0 Å². The van der Waals surface area contributed by atoms with Gasteiger partial charge in [0.2, 0.25) is 41.4 Å². The fourth-order valence-electron chi connectivity index (χ4n) is 8.79. The van der Waals surface area contributed by atoms with Gasteiger partial charge in [0, 0.05) is 63.3 Å².